The number of carbonyl (C=O) groups excluding carboxylic acids is 1. The summed E-state index contributed by atoms with van der Waals surface area (Å²) in [6, 6.07) is 3.94. The molecule has 1 aliphatic rings. The van der Waals surface area contributed by atoms with Crippen molar-refractivity contribution >= 4 is 11.6 Å². The Morgan fingerprint density at radius 1 is 1.45 bits per heavy atom. The third-order valence-corrected chi connectivity index (χ3v) is 3.05. The predicted octanol–water partition coefficient (Wildman–Crippen LogP) is 2.44. The van der Waals surface area contributed by atoms with Gasteiger partial charge >= 0.3 is 6.18 Å². The monoisotopic (exact) mass is 288 g/mol. The van der Waals surface area contributed by atoms with Gasteiger partial charge < -0.3 is 15.4 Å². The molecule has 20 heavy (non-hydrogen) atoms. The number of nitrogens with two attached hydrogens (primary N) is 1. The molecule has 1 aliphatic carbocycles. The van der Waals surface area contributed by atoms with Crippen LogP contribution in [-0.4, -0.2) is 36.7 Å². The molecule has 1 amide bonds. The van der Waals surface area contributed by atoms with Gasteiger partial charge in [-0.05, 0) is 25.0 Å². The molecule has 0 atom stereocenters. The first-order valence-corrected chi connectivity index (χ1v) is 6.13. The maximum absolute atomic E-state index is 12.6. The lowest BCUT2D eigenvalue weighted by atomic mass is 10.1. The molecule has 2 N–H and O–H groups in total. The maximum atomic E-state index is 12.6. The van der Waals surface area contributed by atoms with Gasteiger partial charge in [0.25, 0.3) is 5.91 Å². The average Bonchev–Trinajstić information content (AvgIpc) is 3.18. The number of anilines is 1. The standard InChI is InChI=1S/C13H15F3N2O2/c1-20-11-6-8(17)2-5-10(11)12(19)18(9-3-4-9)7-13(14,15)16/h2,5-6,9H,3-4,7,17H2,1H3. The summed E-state index contributed by atoms with van der Waals surface area (Å²) >= 11 is 0. The second-order valence-corrected chi connectivity index (χ2v) is 4.74. The summed E-state index contributed by atoms with van der Waals surface area (Å²) < 4.78 is 42.7. The van der Waals surface area contributed by atoms with Gasteiger partial charge in [0.15, 0.2) is 0 Å². The van der Waals surface area contributed by atoms with Gasteiger partial charge in [-0.15, -0.1) is 0 Å². The lowest BCUT2D eigenvalue weighted by molar-refractivity contribution is -0.141. The number of nitrogen functional groups attached to an aromatic ring is 1. The van der Waals surface area contributed by atoms with E-state index >= 15 is 0 Å². The summed E-state index contributed by atoms with van der Waals surface area (Å²) in [6.07, 6.45) is -3.22. The normalized spacial score (nSPS) is 15.0. The third-order valence-electron chi connectivity index (χ3n) is 3.05. The van der Waals surface area contributed by atoms with Crippen LogP contribution >= 0.6 is 0 Å². The summed E-state index contributed by atoms with van der Waals surface area (Å²) in [4.78, 5) is 13.2. The van der Waals surface area contributed by atoms with Gasteiger partial charge in [0.05, 0.1) is 12.7 Å². The van der Waals surface area contributed by atoms with Crippen LogP contribution in [0.15, 0.2) is 18.2 Å². The fraction of sp³-hybridized carbons (Fsp3) is 0.462. The van der Waals surface area contributed by atoms with Crippen LogP contribution in [0.25, 0.3) is 0 Å². The second-order valence-electron chi connectivity index (χ2n) is 4.74. The average molecular weight is 288 g/mol. The van der Waals surface area contributed by atoms with E-state index in [1.54, 1.807) is 0 Å². The van der Waals surface area contributed by atoms with Gasteiger partial charge in [-0.1, -0.05) is 0 Å². The number of halogens is 3. The van der Waals surface area contributed by atoms with Crippen LogP contribution in [0.3, 0.4) is 0 Å². The molecule has 0 heterocycles. The van der Waals surface area contributed by atoms with Crippen LogP contribution in [0.2, 0.25) is 0 Å². The number of amides is 1. The number of hydrogen-bond donors (Lipinski definition) is 1. The molecule has 0 bridgehead atoms. The number of hydrogen-bond acceptors (Lipinski definition) is 3. The first kappa shape index (κ1) is 14.5. The van der Waals surface area contributed by atoms with Gasteiger partial charge in [-0.25, -0.2) is 0 Å². The molecule has 1 aromatic rings. The maximum Gasteiger partial charge on any atom is 0.406 e. The van der Waals surface area contributed by atoms with Crippen molar-refractivity contribution in [1.82, 2.24) is 4.90 Å². The Kier molecular flexibility index (Phi) is 3.78. The van der Waals surface area contributed by atoms with E-state index in [-0.39, 0.29) is 17.4 Å². The van der Waals surface area contributed by atoms with E-state index in [0.717, 1.165) is 4.90 Å². The molecule has 1 aromatic carbocycles. The molecule has 0 unspecified atom stereocenters. The minimum absolute atomic E-state index is 0.0952. The molecule has 2 rings (SSSR count). The molecule has 0 aromatic heterocycles. The van der Waals surface area contributed by atoms with Crippen LogP contribution in [0.1, 0.15) is 23.2 Å². The predicted molar refractivity (Wildman–Crippen MR) is 67.5 cm³/mol. The Hall–Kier alpha value is -1.92. The van der Waals surface area contributed by atoms with E-state index < -0.39 is 18.6 Å². The highest BCUT2D eigenvalue weighted by atomic mass is 19.4. The fourth-order valence-corrected chi connectivity index (χ4v) is 1.99. The SMILES string of the molecule is COc1cc(N)ccc1C(=O)N(CC(F)(F)F)C1CC1. The van der Waals surface area contributed by atoms with E-state index in [1.807, 2.05) is 0 Å². The molecule has 0 spiro atoms. The number of rotatable bonds is 4. The van der Waals surface area contributed by atoms with Crippen molar-refractivity contribution in [2.24, 2.45) is 0 Å². The van der Waals surface area contributed by atoms with Gasteiger partial charge in [0.1, 0.15) is 12.3 Å². The van der Waals surface area contributed by atoms with E-state index in [2.05, 4.69) is 0 Å². The van der Waals surface area contributed by atoms with E-state index in [4.69, 9.17) is 10.5 Å². The summed E-state index contributed by atoms with van der Waals surface area (Å²) in [5.74, 6) is -0.496. The summed E-state index contributed by atoms with van der Waals surface area (Å²) in [5, 5.41) is 0. The topological polar surface area (TPSA) is 55.6 Å². The number of carbonyl (C=O) groups is 1. The Bertz CT molecular complexity index is 513. The Labute approximate surface area is 114 Å². The van der Waals surface area contributed by atoms with Gasteiger partial charge in [-0.2, -0.15) is 13.2 Å². The van der Waals surface area contributed by atoms with Gasteiger partial charge in [0.2, 0.25) is 0 Å². The van der Waals surface area contributed by atoms with Gasteiger partial charge in [0, 0.05) is 17.8 Å². The lowest BCUT2D eigenvalue weighted by Gasteiger charge is -2.24. The summed E-state index contributed by atoms with van der Waals surface area (Å²) in [5.41, 5.74) is 6.05. The van der Waals surface area contributed by atoms with E-state index in [9.17, 15) is 18.0 Å². The molecule has 0 radical (unpaired) electrons. The molecule has 1 fully saturated rings. The van der Waals surface area contributed by atoms with Crippen LogP contribution in [-0.2, 0) is 0 Å². The van der Waals surface area contributed by atoms with Gasteiger partial charge in [-0.3, -0.25) is 4.79 Å². The Morgan fingerprint density at radius 3 is 2.60 bits per heavy atom. The zero-order chi connectivity index (χ0) is 14.9. The van der Waals surface area contributed by atoms with Crippen LogP contribution in [0, 0.1) is 0 Å². The minimum Gasteiger partial charge on any atom is -0.496 e. The molecule has 110 valence electrons. The van der Waals surface area contributed by atoms with Crippen molar-refractivity contribution in [2.45, 2.75) is 25.1 Å². The number of ether oxygens (including phenoxy) is 1. The number of methoxy groups -OCH3 is 1. The Balaban J connectivity index is 2.28. The lowest BCUT2D eigenvalue weighted by Crippen LogP contribution is -2.40. The van der Waals surface area contributed by atoms with Crippen LogP contribution < -0.4 is 10.5 Å². The van der Waals surface area contributed by atoms with Crippen LogP contribution in [0.4, 0.5) is 18.9 Å². The summed E-state index contributed by atoms with van der Waals surface area (Å²) in [7, 11) is 1.34. The summed E-state index contributed by atoms with van der Waals surface area (Å²) in [6.45, 7) is -1.25. The van der Waals surface area contributed by atoms with Crippen molar-refractivity contribution in [3.8, 4) is 5.75 Å². The smallest absolute Gasteiger partial charge is 0.406 e. The van der Waals surface area contributed by atoms with Crippen molar-refractivity contribution in [2.75, 3.05) is 19.4 Å². The van der Waals surface area contributed by atoms with E-state index in [1.165, 1.54) is 25.3 Å². The van der Waals surface area contributed by atoms with Crippen molar-refractivity contribution < 1.29 is 22.7 Å². The highest BCUT2D eigenvalue weighted by Gasteiger charge is 2.41. The Morgan fingerprint density at radius 2 is 2.10 bits per heavy atom. The number of alkyl halides is 3. The highest BCUT2D eigenvalue weighted by Crippen LogP contribution is 2.33. The van der Waals surface area contributed by atoms with Crippen molar-refractivity contribution in [1.29, 1.82) is 0 Å². The van der Waals surface area contributed by atoms with Crippen molar-refractivity contribution in [3.63, 3.8) is 0 Å². The molecule has 4 nitrogen and oxygen atoms in total. The minimum atomic E-state index is -4.42. The van der Waals surface area contributed by atoms with Crippen molar-refractivity contribution in [3.05, 3.63) is 23.8 Å². The first-order chi connectivity index (χ1) is 9.31. The number of benzene rings is 1. The molecule has 1 saturated carbocycles. The fourth-order valence-electron chi connectivity index (χ4n) is 1.99. The quantitative estimate of drug-likeness (QED) is 0.866. The molecular weight excluding hydrogens is 273 g/mol. The second kappa shape index (κ2) is 5.22. The molecule has 0 saturated heterocycles. The number of nitrogens with zero attached hydrogens (tertiary/aromatic N) is 1. The molecule has 0 aliphatic heterocycles. The third kappa shape index (κ3) is 3.34. The van der Waals surface area contributed by atoms with Crippen LogP contribution in [0.5, 0.6) is 5.75 Å². The van der Waals surface area contributed by atoms with E-state index in [0.29, 0.717) is 18.5 Å². The first-order valence-electron chi connectivity index (χ1n) is 6.13. The molecular formula is C13H15F3N2O2. The molecule has 7 heteroatoms. The zero-order valence-corrected chi connectivity index (χ0v) is 10.9. The largest absolute Gasteiger partial charge is 0.496 e. The highest BCUT2D eigenvalue weighted by molar-refractivity contribution is 5.97. The zero-order valence-electron chi connectivity index (χ0n) is 10.9.